The Morgan fingerprint density at radius 2 is 1.89 bits per heavy atom. The standard InChI is InChI=1S/C6H13O3/c1-2-3-5(8)6(9)4-7/h5-6,8-9H,2-4H2,1H3. The van der Waals surface area contributed by atoms with Gasteiger partial charge in [0.2, 0.25) is 0 Å². The molecule has 9 heavy (non-hydrogen) atoms. The van der Waals surface area contributed by atoms with E-state index in [2.05, 4.69) is 0 Å². The van der Waals surface area contributed by atoms with E-state index in [9.17, 15) is 5.11 Å². The Labute approximate surface area is 54.9 Å². The van der Waals surface area contributed by atoms with Crippen LogP contribution in [0.5, 0.6) is 0 Å². The second-order valence-corrected chi connectivity index (χ2v) is 2.09. The molecule has 0 fully saturated rings. The topological polar surface area (TPSA) is 60.4 Å². The highest BCUT2D eigenvalue weighted by Crippen LogP contribution is 2.00. The zero-order valence-electron chi connectivity index (χ0n) is 5.58. The molecule has 0 aromatic heterocycles. The molecule has 2 unspecified atom stereocenters. The Morgan fingerprint density at radius 1 is 1.33 bits per heavy atom. The van der Waals surface area contributed by atoms with Crippen molar-refractivity contribution in [2.45, 2.75) is 32.0 Å². The Kier molecular flexibility index (Phi) is 4.67. The molecule has 0 rings (SSSR count). The van der Waals surface area contributed by atoms with Crippen LogP contribution in [0.25, 0.3) is 0 Å². The van der Waals surface area contributed by atoms with Gasteiger partial charge in [-0.15, -0.1) is 0 Å². The number of aliphatic hydroxyl groups excluding tert-OH is 2. The van der Waals surface area contributed by atoms with E-state index in [1.165, 1.54) is 0 Å². The van der Waals surface area contributed by atoms with Gasteiger partial charge in [0.25, 0.3) is 0 Å². The molecule has 0 aliphatic heterocycles. The predicted octanol–water partition coefficient (Wildman–Crippen LogP) is -0.0612. The molecule has 3 nitrogen and oxygen atoms in total. The van der Waals surface area contributed by atoms with Crippen LogP contribution in [-0.4, -0.2) is 29.0 Å². The van der Waals surface area contributed by atoms with Crippen molar-refractivity contribution in [1.29, 1.82) is 0 Å². The van der Waals surface area contributed by atoms with Gasteiger partial charge in [0.05, 0.1) is 6.10 Å². The molecule has 0 spiro atoms. The Hall–Kier alpha value is -0.120. The summed E-state index contributed by atoms with van der Waals surface area (Å²) < 4.78 is 0. The second-order valence-electron chi connectivity index (χ2n) is 2.09. The van der Waals surface area contributed by atoms with Gasteiger partial charge in [0, 0.05) is 0 Å². The maximum Gasteiger partial charge on any atom is 0.111 e. The quantitative estimate of drug-likeness (QED) is 0.564. The van der Waals surface area contributed by atoms with E-state index in [0.717, 1.165) is 6.42 Å². The summed E-state index contributed by atoms with van der Waals surface area (Å²) in [6.07, 6.45) is -0.612. The van der Waals surface area contributed by atoms with Crippen molar-refractivity contribution in [2.75, 3.05) is 6.61 Å². The van der Waals surface area contributed by atoms with E-state index in [-0.39, 0.29) is 0 Å². The van der Waals surface area contributed by atoms with Gasteiger partial charge in [-0.3, -0.25) is 0 Å². The number of hydrogen-bond donors (Lipinski definition) is 2. The molecule has 0 aromatic rings. The fourth-order valence-electron chi connectivity index (χ4n) is 0.599. The molecule has 2 N–H and O–H groups in total. The minimum Gasteiger partial charge on any atom is -0.390 e. The third-order valence-corrected chi connectivity index (χ3v) is 1.20. The fraction of sp³-hybridized carbons (Fsp3) is 1.00. The first-order valence-corrected chi connectivity index (χ1v) is 3.16. The van der Waals surface area contributed by atoms with Crippen LogP contribution in [0.15, 0.2) is 0 Å². The van der Waals surface area contributed by atoms with Crippen molar-refractivity contribution >= 4 is 0 Å². The van der Waals surface area contributed by atoms with Crippen molar-refractivity contribution in [2.24, 2.45) is 0 Å². The molecule has 2 atom stereocenters. The molecule has 0 aromatic carbocycles. The number of rotatable bonds is 4. The van der Waals surface area contributed by atoms with Crippen molar-refractivity contribution in [3.63, 3.8) is 0 Å². The number of aliphatic hydroxyl groups is 2. The lowest BCUT2D eigenvalue weighted by Crippen LogP contribution is -2.28. The summed E-state index contributed by atoms with van der Waals surface area (Å²) in [5.41, 5.74) is 0. The van der Waals surface area contributed by atoms with E-state index >= 15 is 0 Å². The molecule has 0 aliphatic carbocycles. The first-order valence-electron chi connectivity index (χ1n) is 3.16. The molecule has 0 aliphatic rings. The lowest BCUT2D eigenvalue weighted by atomic mass is 10.1. The van der Waals surface area contributed by atoms with Crippen LogP contribution in [0.2, 0.25) is 0 Å². The van der Waals surface area contributed by atoms with Crippen LogP contribution in [0.4, 0.5) is 0 Å². The predicted molar refractivity (Wildman–Crippen MR) is 32.5 cm³/mol. The maximum absolute atomic E-state index is 9.94. The Bertz CT molecular complexity index is 65.3. The average molecular weight is 133 g/mol. The highest BCUT2D eigenvalue weighted by atomic mass is 16.4. The molecule has 1 radical (unpaired) electrons. The summed E-state index contributed by atoms with van der Waals surface area (Å²) in [4.78, 5) is 0. The highest BCUT2D eigenvalue weighted by Gasteiger charge is 2.13. The SMILES string of the molecule is CCCC(O)C(O)C[O]. The summed E-state index contributed by atoms with van der Waals surface area (Å²) in [6, 6.07) is 0. The van der Waals surface area contributed by atoms with E-state index in [1.807, 2.05) is 6.92 Å². The van der Waals surface area contributed by atoms with Crippen molar-refractivity contribution in [1.82, 2.24) is 0 Å². The largest absolute Gasteiger partial charge is 0.390 e. The Balaban J connectivity index is 3.32. The minimum atomic E-state index is -1.08. The van der Waals surface area contributed by atoms with Gasteiger partial charge >= 0.3 is 0 Å². The zero-order chi connectivity index (χ0) is 7.28. The molecular formula is C6H13O3. The van der Waals surface area contributed by atoms with Crippen molar-refractivity contribution < 1.29 is 15.3 Å². The number of hydrogen-bond acceptors (Lipinski definition) is 2. The average Bonchev–Trinajstić information content (AvgIpc) is 1.87. The molecule has 0 saturated carbocycles. The first kappa shape index (κ1) is 8.88. The maximum atomic E-state index is 9.94. The fourth-order valence-corrected chi connectivity index (χ4v) is 0.599. The normalized spacial score (nSPS) is 17.3. The van der Waals surface area contributed by atoms with E-state index in [0.29, 0.717) is 6.42 Å². The van der Waals surface area contributed by atoms with Crippen molar-refractivity contribution in [3.05, 3.63) is 0 Å². The minimum absolute atomic E-state index is 0.503. The van der Waals surface area contributed by atoms with Gasteiger partial charge in [-0.2, -0.15) is 0 Å². The van der Waals surface area contributed by atoms with Crippen LogP contribution in [0.3, 0.4) is 0 Å². The van der Waals surface area contributed by atoms with Crippen LogP contribution in [0.1, 0.15) is 19.8 Å². The molecule has 0 bridgehead atoms. The van der Waals surface area contributed by atoms with Gasteiger partial charge in [0.1, 0.15) is 12.7 Å². The lowest BCUT2D eigenvalue weighted by Gasteiger charge is -2.12. The van der Waals surface area contributed by atoms with E-state index in [1.54, 1.807) is 0 Å². The summed E-state index contributed by atoms with van der Waals surface area (Å²) >= 11 is 0. The molecule has 0 heterocycles. The Morgan fingerprint density at radius 3 is 2.22 bits per heavy atom. The second kappa shape index (κ2) is 4.73. The van der Waals surface area contributed by atoms with E-state index < -0.39 is 18.8 Å². The smallest absolute Gasteiger partial charge is 0.111 e. The van der Waals surface area contributed by atoms with Crippen LogP contribution >= 0.6 is 0 Å². The van der Waals surface area contributed by atoms with Gasteiger partial charge < -0.3 is 10.2 Å². The van der Waals surface area contributed by atoms with E-state index in [4.69, 9.17) is 10.2 Å². The molecule has 0 saturated heterocycles. The van der Waals surface area contributed by atoms with Crippen LogP contribution in [0, 0.1) is 0 Å². The van der Waals surface area contributed by atoms with Gasteiger partial charge in [-0.25, -0.2) is 5.11 Å². The molecular weight excluding hydrogens is 120 g/mol. The highest BCUT2D eigenvalue weighted by molar-refractivity contribution is 4.63. The summed E-state index contributed by atoms with van der Waals surface area (Å²) in [5.74, 6) is 0. The monoisotopic (exact) mass is 133 g/mol. The van der Waals surface area contributed by atoms with Crippen molar-refractivity contribution in [3.8, 4) is 0 Å². The molecule has 55 valence electrons. The molecule has 0 amide bonds. The summed E-state index contributed by atoms with van der Waals surface area (Å²) in [5, 5.41) is 27.5. The first-order chi connectivity index (χ1) is 4.22. The lowest BCUT2D eigenvalue weighted by molar-refractivity contribution is -0.0352. The zero-order valence-corrected chi connectivity index (χ0v) is 5.58. The summed E-state index contributed by atoms with van der Waals surface area (Å²) in [6.45, 7) is 1.28. The third kappa shape index (κ3) is 3.46. The van der Waals surface area contributed by atoms with Gasteiger partial charge in [-0.05, 0) is 6.42 Å². The van der Waals surface area contributed by atoms with Gasteiger partial charge in [0.15, 0.2) is 0 Å². The molecule has 3 heteroatoms. The van der Waals surface area contributed by atoms with Crippen LogP contribution in [-0.2, 0) is 5.11 Å². The van der Waals surface area contributed by atoms with Crippen LogP contribution < -0.4 is 0 Å². The summed E-state index contributed by atoms with van der Waals surface area (Å²) in [7, 11) is 0. The van der Waals surface area contributed by atoms with Gasteiger partial charge in [-0.1, -0.05) is 13.3 Å². The third-order valence-electron chi connectivity index (χ3n) is 1.20.